The summed E-state index contributed by atoms with van der Waals surface area (Å²) in [6.45, 7) is 11.6. The molecule has 2 heterocycles. The van der Waals surface area contributed by atoms with Gasteiger partial charge in [0, 0.05) is 39.0 Å². The third-order valence-corrected chi connectivity index (χ3v) is 5.58. The van der Waals surface area contributed by atoms with E-state index in [1.807, 2.05) is 27.7 Å². The van der Waals surface area contributed by atoms with Crippen molar-refractivity contribution in [3.8, 4) is 0 Å². The molecule has 10 heteroatoms. The SMILES string of the molecule is CC(C)CN1CC(C(=O)OCCOCCOCCOC(=O)C2CC(=O)N(CC(C)C)C2)CC1=O. The first-order chi connectivity index (χ1) is 16.2. The largest absolute Gasteiger partial charge is 0.463 e. The summed E-state index contributed by atoms with van der Waals surface area (Å²) in [5.74, 6) is -0.815. The molecule has 0 saturated carbocycles. The molecule has 0 aromatic heterocycles. The molecule has 2 atom stereocenters. The zero-order chi connectivity index (χ0) is 25.1. The van der Waals surface area contributed by atoms with Gasteiger partial charge in [-0.15, -0.1) is 0 Å². The maximum absolute atomic E-state index is 12.1. The minimum absolute atomic E-state index is 0.000409. The summed E-state index contributed by atoms with van der Waals surface area (Å²) in [7, 11) is 0. The number of amides is 2. The summed E-state index contributed by atoms with van der Waals surface area (Å²) in [5, 5.41) is 0. The Morgan fingerprint density at radius 1 is 0.706 bits per heavy atom. The number of ether oxygens (including phenoxy) is 4. The summed E-state index contributed by atoms with van der Waals surface area (Å²) in [4.78, 5) is 51.6. The summed E-state index contributed by atoms with van der Waals surface area (Å²) >= 11 is 0. The summed E-state index contributed by atoms with van der Waals surface area (Å²) in [6.07, 6.45) is 0.413. The number of nitrogens with zero attached hydrogens (tertiary/aromatic N) is 2. The molecular weight excluding hydrogens is 444 g/mol. The fourth-order valence-corrected chi connectivity index (χ4v) is 4.05. The molecular formula is C24H40N2O8. The number of esters is 2. The van der Waals surface area contributed by atoms with Crippen molar-refractivity contribution in [2.45, 2.75) is 40.5 Å². The molecule has 0 bridgehead atoms. The first-order valence-electron chi connectivity index (χ1n) is 12.2. The molecule has 2 amide bonds. The molecule has 0 N–H and O–H groups in total. The molecule has 2 rings (SSSR count). The highest BCUT2D eigenvalue weighted by Gasteiger charge is 2.36. The number of hydrogen-bond donors (Lipinski definition) is 0. The number of carbonyl (C=O) groups excluding carboxylic acids is 4. The highest BCUT2D eigenvalue weighted by Crippen LogP contribution is 2.21. The quantitative estimate of drug-likeness (QED) is 0.251. The third-order valence-electron chi connectivity index (χ3n) is 5.58. The van der Waals surface area contributed by atoms with Crippen LogP contribution in [0.15, 0.2) is 0 Å². The fraction of sp³-hybridized carbons (Fsp3) is 0.833. The second-order valence-electron chi connectivity index (χ2n) is 9.75. The molecule has 0 aromatic rings. The Hall–Kier alpha value is -2.20. The van der Waals surface area contributed by atoms with Gasteiger partial charge in [-0.25, -0.2) is 0 Å². The van der Waals surface area contributed by atoms with Gasteiger partial charge in [0.05, 0.1) is 38.3 Å². The zero-order valence-electron chi connectivity index (χ0n) is 21.0. The lowest BCUT2D eigenvalue weighted by atomic mass is 10.1. The molecule has 2 unspecified atom stereocenters. The van der Waals surface area contributed by atoms with E-state index < -0.39 is 11.8 Å². The summed E-state index contributed by atoms with van der Waals surface area (Å²) in [5.41, 5.74) is 0. The van der Waals surface area contributed by atoms with Crippen LogP contribution in [-0.4, -0.2) is 99.4 Å². The summed E-state index contributed by atoms with van der Waals surface area (Å²) < 4.78 is 21.2. The lowest BCUT2D eigenvalue weighted by molar-refractivity contribution is -0.151. The van der Waals surface area contributed by atoms with Gasteiger partial charge in [0.1, 0.15) is 13.2 Å². The van der Waals surface area contributed by atoms with Gasteiger partial charge in [-0.2, -0.15) is 0 Å². The van der Waals surface area contributed by atoms with Gasteiger partial charge >= 0.3 is 11.9 Å². The average molecular weight is 485 g/mol. The minimum atomic E-state index is -0.405. The highest BCUT2D eigenvalue weighted by atomic mass is 16.6. The Kier molecular flexibility index (Phi) is 11.8. The number of carbonyl (C=O) groups is 4. The number of hydrogen-bond acceptors (Lipinski definition) is 8. The van der Waals surface area contributed by atoms with E-state index in [2.05, 4.69) is 0 Å². The van der Waals surface area contributed by atoms with Crippen LogP contribution in [-0.2, 0) is 38.1 Å². The van der Waals surface area contributed by atoms with Gasteiger partial charge in [-0.1, -0.05) is 27.7 Å². The molecule has 2 aliphatic heterocycles. The predicted octanol–water partition coefficient (Wildman–Crippen LogP) is 1.12. The Balaban J connectivity index is 1.44. The van der Waals surface area contributed by atoms with Gasteiger partial charge in [0.2, 0.25) is 11.8 Å². The molecule has 0 aliphatic carbocycles. The average Bonchev–Trinajstić information content (AvgIpc) is 3.30. The molecule has 34 heavy (non-hydrogen) atoms. The van der Waals surface area contributed by atoms with Crippen molar-refractivity contribution in [2.75, 3.05) is 65.8 Å². The zero-order valence-corrected chi connectivity index (χ0v) is 21.0. The van der Waals surface area contributed by atoms with Crippen molar-refractivity contribution in [2.24, 2.45) is 23.7 Å². The van der Waals surface area contributed by atoms with Gasteiger partial charge in [-0.3, -0.25) is 19.2 Å². The van der Waals surface area contributed by atoms with Gasteiger partial charge in [0.15, 0.2) is 0 Å². The molecule has 0 spiro atoms. The molecule has 10 nitrogen and oxygen atoms in total. The van der Waals surface area contributed by atoms with E-state index in [9.17, 15) is 19.2 Å². The van der Waals surface area contributed by atoms with E-state index in [1.165, 1.54) is 0 Å². The highest BCUT2D eigenvalue weighted by molar-refractivity contribution is 5.87. The van der Waals surface area contributed by atoms with Crippen molar-refractivity contribution in [1.82, 2.24) is 9.80 Å². The maximum Gasteiger partial charge on any atom is 0.311 e. The molecule has 0 aromatic carbocycles. The Morgan fingerprint density at radius 2 is 1.06 bits per heavy atom. The van der Waals surface area contributed by atoms with Crippen LogP contribution in [0.1, 0.15) is 40.5 Å². The van der Waals surface area contributed by atoms with E-state index in [0.29, 0.717) is 51.2 Å². The van der Waals surface area contributed by atoms with Crippen LogP contribution < -0.4 is 0 Å². The lowest BCUT2D eigenvalue weighted by Gasteiger charge is -2.18. The topological polar surface area (TPSA) is 112 Å². The Bertz CT molecular complexity index is 638. The molecule has 0 radical (unpaired) electrons. The monoisotopic (exact) mass is 484 g/mol. The Morgan fingerprint density at radius 3 is 1.41 bits per heavy atom. The van der Waals surface area contributed by atoms with Crippen LogP contribution in [0, 0.1) is 23.7 Å². The van der Waals surface area contributed by atoms with Crippen molar-refractivity contribution in [1.29, 1.82) is 0 Å². The van der Waals surface area contributed by atoms with Gasteiger partial charge < -0.3 is 28.7 Å². The second-order valence-corrected chi connectivity index (χ2v) is 9.75. The minimum Gasteiger partial charge on any atom is -0.463 e. The van der Waals surface area contributed by atoms with E-state index in [1.54, 1.807) is 9.80 Å². The van der Waals surface area contributed by atoms with Crippen molar-refractivity contribution in [3.05, 3.63) is 0 Å². The van der Waals surface area contributed by atoms with Crippen LogP contribution in [0.25, 0.3) is 0 Å². The first kappa shape index (κ1) is 28.0. The number of rotatable bonds is 15. The van der Waals surface area contributed by atoms with E-state index in [-0.39, 0.29) is 63.0 Å². The maximum atomic E-state index is 12.1. The molecule has 2 saturated heterocycles. The van der Waals surface area contributed by atoms with E-state index in [0.717, 1.165) is 0 Å². The Labute approximate surface area is 202 Å². The fourth-order valence-electron chi connectivity index (χ4n) is 4.05. The molecule has 2 aliphatic rings. The molecule has 194 valence electrons. The second kappa shape index (κ2) is 14.3. The number of likely N-dealkylation sites (tertiary alicyclic amines) is 2. The standard InChI is InChI=1S/C24H40N2O8/c1-17(2)13-25-15-19(11-21(25)27)23(29)33-9-7-31-5-6-32-8-10-34-24(30)20-12-22(28)26(16-20)14-18(3)4/h17-20H,5-16H2,1-4H3. The van der Waals surface area contributed by atoms with Crippen LogP contribution in [0.4, 0.5) is 0 Å². The van der Waals surface area contributed by atoms with E-state index >= 15 is 0 Å². The van der Waals surface area contributed by atoms with E-state index in [4.69, 9.17) is 18.9 Å². The van der Waals surface area contributed by atoms with Crippen molar-refractivity contribution < 1.29 is 38.1 Å². The van der Waals surface area contributed by atoms with Crippen LogP contribution in [0.5, 0.6) is 0 Å². The van der Waals surface area contributed by atoms with Gasteiger partial charge in [-0.05, 0) is 11.8 Å². The third kappa shape index (κ3) is 9.58. The lowest BCUT2D eigenvalue weighted by Crippen LogP contribution is -2.30. The smallest absolute Gasteiger partial charge is 0.311 e. The van der Waals surface area contributed by atoms with Crippen LogP contribution >= 0.6 is 0 Å². The normalized spacial score (nSPS) is 20.6. The van der Waals surface area contributed by atoms with Crippen molar-refractivity contribution in [3.63, 3.8) is 0 Å². The molecule has 2 fully saturated rings. The van der Waals surface area contributed by atoms with Gasteiger partial charge in [0.25, 0.3) is 0 Å². The summed E-state index contributed by atoms with van der Waals surface area (Å²) in [6, 6.07) is 0. The van der Waals surface area contributed by atoms with Crippen LogP contribution in [0.2, 0.25) is 0 Å². The van der Waals surface area contributed by atoms with Crippen LogP contribution in [0.3, 0.4) is 0 Å². The van der Waals surface area contributed by atoms with Crippen molar-refractivity contribution >= 4 is 23.8 Å². The first-order valence-corrected chi connectivity index (χ1v) is 12.2. The predicted molar refractivity (Wildman–Crippen MR) is 123 cm³/mol.